The number of nitrogens with zero attached hydrogens (tertiary/aromatic N) is 7. The van der Waals surface area contributed by atoms with E-state index in [1.165, 1.54) is 36.2 Å². The molecule has 214 valence electrons. The second-order valence-corrected chi connectivity index (χ2v) is 11.3. The van der Waals surface area contributed by atoms with Crippen molar-refractivity contribution in [3.63, 3.8) is 0 Å². The Hall–Kier alpha value is -3.44. The van der Waals surface area contributed by atoms with Crippen LogP contribution >= 0.6 is 11.6 Å². The van der Waals surface area contributed by atoms with Crippen LogP contribution in [0, 0.1) is 12.7 Å². The summed E-state index contributed by atoms with van der Waals surface area (Å²) >= 11 is 6.45. The van der Waals surface area contributed by atoms with Gasteiger partial charge in [0.15, 0.2) is 11.6 Å². The summed E-state index contributed by atoms with van der Waals surface area (Å²) in [6, 6.07) is 3.72. The molecule has 1 amide bonds. The number of hydrogen-bond acceptors (Lipinski definition) is 8. The Bertz CT molecular complexity index is 1390. The molecule has 0 spiro atoms. The summed E-state index contributed by atoms with van der Waals surface area (Å²) in [6.45, 7) is 6.01. The highest BCUT2D eigenvalue weighted by Crippen LogP contribution is 2.34. The first-order valence-electron chi connectivity index (χ1n) is 13.8. The number of nitrogens with two attached hydrogens (primary N) is 1. The van der Waals surface area contributed by atoms with Gasteiger partial charge in [0.2, 0.25) is 0 Å². The molecule has 1 atom stereocenters. The van der Waals surface area contributed by atoms with Crippen molar-refractivity contribution < 1.29 is 9.18 Å². The number of carbonyl (C=O) groups is 1. The Morgan fingerprint density at radius 1 is 1.20 bits per heavy atom. The summed E-state index contributed by atoms with van der Waals surface area (Å²) in [5, 5.41) is 11.8. The van der Waals surface area contributed by atoms with Gasteiger partial charge in [-0.1, -0.05) is 36.1 Å². The highest BCUT2D eigenvalue weighted by Gasteiger charge is 2.27. The van der Waals surface area contributed by atoms with Crippen LogP contribution in [0.1, 0.15) is 54.9 Å². The molecule has 5 rings (SSSR count). The van der Waals surface area contributed by atoms with Gasteiger partial charge in [0.1, 0.15) is 11.5 Å². The van der Waals surface area contributed by atoms with Gasteiger partial charge < -0.3 is 25.8 Å². The van der Waals surface area contributed by atoms with Gasteiger partial charge in [0.25, 0.3) is 5.91 Å². The molecule has 12 heteroatoms. The van der Waals surface area contributed by atoms with Crippen molar-refractivity contribution in [3.8, 4) is 5.69 Å². The SMILES string of the molecule is Cc1c(N)ncc(C(=O)Nc2cc(-n3cc(N(C)C4CCCCC4)nn3)c(F)cc2N2CCN(C)[C@H](C)C2)c1Cl. The lowest BCUT2D eigenvalue weighted by Gasteiger charge is -2.39. The van der Waals surface area contributed by atoms with E-state index in [4.69, 9.17) is 17.3 Å². The molecule has 0 bridgehead atoms. The van der Waals surface area contributed by atoms with Gasteiger partial charge in [0.05, 0.1) is 28.2 Å². The van der Waals surface area contributed by atoms with Crippen molar-refractivity contribution in [1.29, 1.82) is 0 Å². The molecule has 1 aliphatic heterocycles. The molecule has 0 unspecified atom stereocenters. The van der Waals surface area contributed by atoms with Crippen LogP contribution in [0.25, 0.3) is 5.69 Å². The average Bonchev–Trinajstić information content (AvgIpc) is 3.44. The summed E-state index contributed by atoms with van der Waals surface area (Å²) in [5.41, 5.74) is 7.80. The molecule has 1 saturated carbocycles. The van der Waals surface area contributed by atoms with Crippen LogP contribution in [0.5, 0.6) is 0 Å². The second kappa shape index (κ2) is 11.6. The smallest absolute Gasteiger partial charge is 0.258 e. The molecule has 40 heavy (non-hydrogen) atoms. The van der Waals surface area contributed by atoms with Crippen LogP contribution < -0.4 is 20.9 Å². The van der Waals surface area contributed by atoms with Crippen LogP contribution in [-0.2, 0) is 0 Å². The largest absolute Gasteiger partial charge is 0.383 e. The molecule has 1 aromatic carbocycles. The minimum Gasteiger partial charge on any atom is -0.383 e. The number of benzene rings is 1. The van der Waals surface area contributed by atoms with E-state index in [1.807, 2.05) is 7.05 Å². The maximum Gasteiger partial charge on any atom is 0.258 e. The molecule has 3 heterocycles. The Labute approximate surface area is 239 Å². The normalized spacial score (nSPS) is 18.6. The summed E-state index contributed by atoms with van der Waals surface area (Å²) in [6.07, 6.45) is 8.95. The molecule has 2 aromatic heterocycles. The van der Waals surface area contributed by atoms with Crippen LogP contribution in [0.3, 0.4) is 0 Å². The third kappa shape index (κ3) is 5.57. The van der Waals surface area contributed by atoms with E-state index in [0.717, 1.165) is 19.4 Å². The fourth-order valence-corrected chi connectivity index (χ4v) is 5.73. The Kier molecular flexibility index (Phi) is 8.14. The number of carbonyl (C=O) groups excluding carboxylic acids is 1. The van der Waals surface area contributed by atoms with E-state index in [-0.39, 0.29) is 28.1 Å². The van der Waals surface area contributed by atoms with E-state index in [0.29, 0.717) is 41.9 Å². The van der Waals surface area contributed by atoms with Crippen molar-refractivity contribution in [1.82, 2.24) is 24.9 Å². The molecule has 10 nitrogen and oxygen atoms in total. The van der Waals surface area contributed by atoms with Crippen molar-refractivity contribution in [2.75, 3.05) is 54.6 Å². The zero-order valence-electron chi connectivity index (χ0n) is 23.5. The number of amides is 1. The van der Waals surface area contributed by atoms with Gasteiger partial charge in [-0.15, -0.1) is 5.10 Å². The number of pyridine rings is 1. The first-order valence-corrected chi connectivity index (χ1v) is 14.2. The zero-order valence-corrected chi connectivity index (χ0v) is 24.2. The Morgan fingerprint density at radius 2 is 1.95 bits per heavy atom. The number of rotatable bonds is 6. The maximum absolute atomic E-state index is 15.7. The average molecular weight is 570 g/mol. The third-order valence-electron chi connectivity index (χ3n) is 8.35. The number of hydrogen-bond donors (Lipinski definition) is 2. The number of likely N-dealkylation sites (N-methyl/N-ethyl adjacent to an activating group) is 1. The van der Waals surface area contributed by atoms with Gasteiger partial charge in [-0.05, 0) is 39.8 Å². The molecular weight excluding hydrogens is 533 g/mol. The summed E-state index contributed by atoms with van der Waals surface area (Å²) < 4.78 is 17.2. The Morgan fingerprint density at radius 3 is 2.67 bits per heavy atom. The minimum atomic E-state index is -0.460. The summed E-state index contributed by atoms with van der Waals surface area (Å²) in [4.78, 5) is 24.0. The van der Waals surface area contributed by atoms with Gasteiger partial charge in [-0.3, -0.25) is 4.79 Å². The standard InChI is InChI=1S/C28H37ClFN9O/c1-17-15-38(11-10-36(17)3)24-12-21(30)23(39-16-25(34-35-39)37(4)19-8-6-5-7-9-19)13-22(24)33-28(40)20-14-32-27(31)18(2)26(20)29/h12-14,16-17,19H,5-11,15H2,1-4H3,(H2,31,32)(H,33,40)/t17-/m1/s1. The van der Waals surface area contributed by atoms with Crippen molar-refractivity contribution >= 4 is 40.5 Å². The molecule has 1 saturated heterocycles. The van der Waals surface area contributed by atoms with E-state index >= 15 is 4.39 Å². The van der Waals surface area contributed by atoms with E-state index in [1.54, 1.807) is 19.2 Å². The predicted molar refractivity (Wildman–Crippen MR) is 157 cm³/mol. The van der Waals surface area contributed by atoms with Crippen molar-refractivity contribution in [2.24, 2.45) is 0 Å². The fraction of sp³-hybridized carbons (Fsp3) is 0.500. The molecule has 2 fully saturated rings. The van der Waals surface area contributed by atoms with Gasteiger partial charge in [-0.2, -0.15) is 0 Å². The highest BCUT2D eigenvalue weighted by molar-refractivity contribution is 6.35. The predicted octanol–water partition coefficient (Wildman–Crippen LogP) is 4.51. The molecule has 3 aromatic rings. The van der Waals surface area contributed by atoms with E-state index < -0.39 is 11.7 Å². The lowest BCUT2D eigenvalue weighted by atomic mass is 9.94. The number of piperazine rings is 1. The van der Waals surface area contributed by atoms with Crippen LogP contribution in [0.4, 0.5) is 27.4 Å². The van der Waals surface area contributed by atoms with Crippen LogP contribution in [0.2, 0.25) is 5.02 Å². The number of aromatic nitrogens is 4. The first-order chi connectivity index (χ1) is 19.1. The van der Waals surface area contributed by atoms with E-state index in [2.05, 4.69) is 49.3 Å². The first kappa shape index (κ1) is 28.1. The maximum atomic E-state index is 15.7. The molecule has 0 radical (unpaired) electrons. The third-order valence-corrected chi connectivity index (χ3v) is 8.84. The summed E-state index contributed by atoms with van der Waals surface area (Å²) in [5.74, 6) is 0.0271. The van der Waals surface area contributed by atoms with Crippen LogP contribution in [0.15, 0.2) is 24.5 Å². The Balaban J connectivity index is 1.50. The second-order valence-electron chi connectivity index (χ2n) is 11.0. The number of anilines is 4. The lowest BCUT2D eigenvalue weighted by Crippen LogP contribution is -2.50. The van der Waals surface area contributed by atoms with Crippen molar-refractivity contribution in [3.05, 3.63) is 46.5 Å². The van der Waals surface area contributed by atoms with Crippen LogP contribution in [-0.4, -0.2) is 76.6 Å². The van der Waals surface area contributed by atoms with E-state index in [9.17, 15) is 4.79 Å². The highest BCUT2D eigenvalue weighted by atomic mass is 35.5. The molecule has 3 N–H and O–H groups in total. The number of halogens is 2. The lowest BCUT2D eigenvalue weighted by molar-refractivity contribution is 0.102. The molecule has 2 aliphatic rings. The monoisotopic (exact) mass is 569 g/mol. The molecular formula is C28H37ClFN9O. The number of nitrogen functional groups attached to an aromatic ring is 1. The number of nitrogens with one attached hydrogen (secondary N) is 1. The topological polar surface area (TPSA) is 108 Å². The minimum absolute atomic E-state index is 0.189. The summed E-state index contributed by atoms with van der Waals surface area (Å²) in [7, 11) is 4.08. The fourth-order valence-electron chi connectivity index (χ4n) is 5.50. The van der Waals surface area contributed by atoms with Gasteiger partial charge >= 0.3 is 0 Å². The van der Waals surface area contributed by atoms with Crippen molar-refractivity contribution in [2.45, 2.75) is 58.0 Å². The molecule has 1 aliphatic carbocycles. The quantitative estimate of drug-likeness (QED) is 0.446. The van der Waals surface area contributed by atoms with Gasteiger partial charge in [0, 0.05) is 56.6 Å². The zero-order chi connectivity index (χ0) is 28.6. The van der Waals surface area contributed by atoms with Gasteiger partial charge in [-0.25, -0.2) is 14.1 Å².